The molecule has 2 heteroatoms. The van der Waals surface area contributed by atoms with Gasteiger partial charge in [-0.25, -0.2) is 0 Å². The van der Waals surface area contributed by atoms with Gasteiger partial charge in [-0.1, -0.05) is 164 Å². The Bertz CT molecular complexity index is 3060. The minimum absolute atomic E-state index is 0.328. The van der Waals surface area contributed by atoms with Crippen LogP contribution in [0.3, 0.4) is 0 Å². The number of para-hydroxylation sites is 2. The maximum absolute atomic E-state index is 3.62. The normalized spacial score (nSPS) is 13.3. The van der Waals surface area contributed by atoms with E-state index in [0.717, 1.165) is 23.5 Å². The molecule has 0 spiro atoms. The summed E-state index contributed by atoms with van der Waals surface area (Å²) in [6, 6.07) is 79.6. The van der Waals surface area contributed by atoms with Gasteiger partial charge in [0.15, 0.2) is 0 Å². The Labute approximate surface area is 339 Å². The molecule has 1 aliphatic rings. The molecular formula is C56H40N2. The number of benzene rings is 9. The summed E-state index contributed by atoms with van der Waals surface area (Å²) in [5, 5.41) is 6.17. The van der Waals surface area contributed by atoms with E-state index in [1.807, 2.05) is 0 Å². The van der Waals surface area contributed by atoms with Crippen molar-refractivity contribution < 1.29 is 0 Å². The third-order valence-corrected chi connectivity index (χ3v) is 12.0. The van der Waals surface area contributed by atoms with Crippen molar-refractivity contribution in [3.05, 3.63) is 235 Å². The molecule has 0 saturated heterocycles. The average Bonchev–Trinajstić information content (AvgIpc) is 3.64. The van der Waals surface area contributed by atoms with Crippen molar-refractivity contribution in [2.75, 3.05) is 5.32 Å². The van der Waals surface area contributed by atoms with Crippen LogP contribution < -0.4 is 5.32 Å². The maximum Gasteiger partial charge on any atom is 0.0541 e. The van der Waals surface area contributed by atoms with Crippen LogP contribution in [0.1, 0.15) is 22.6 Å². The molecule has 1 heterocycles. The molecule has 1 atom stereocenters. The Morgan fingerprint density at radius 2 is 0.897 bits per heavy atom. The van der Waals surface area contributed by atoms with E-state index < -0.39 is 0 Å². The zero-order chi connectivity index (χ0) is 38.4. The highest BCUT2D eigenvalue weighted by molar-refractivity contribution is 6.09. The number of hydrogen-bond acceptors (Lipinski definition) is 1. The van der Waals surface area contributed by atoms with Crippen LogP contribution in [0, 0.1) is 0 Å². The van der Waals surface area contributed by atoms with Crippen molar-refractivity contribution >= 4 is 33.2 Å². The molecule has 0 bridgehead atoms. The zero-order valence-corrected chi connectivity index (χ0v) is 32.0. The molecule has 1 aliphatic carbocycles. The number of aromatic nitrogens is 1. The molecule has 9 aromatic carbocycles. The van der Waals surface area contributed by atoms with E-state index in [1.165, 1.54) is 83.0 Å². The summed E-state index contributed by atoms with van der Waals surface area (Å²) in [6.45, 7) is 0. The Morgan fingerprint density at radius 1 is 0.379 bits per heavy atom. The van der Waals surface area contributed by atoms with Crippen molar-refractivity contribution in [2.45, 2.75) is 12.3 Å². The van der Waals surface area contributed by atoms with E-state index in [1.54, 1.807) is 0 Å². The molecule has 11 rings (SSSR count). The molecule has 10 aromatic rings. The third kappa shape index (κ3) is 6.07. The highest BCUT2D eigenvalue weighted by atomic mass is 15.0. The number of nitrogens with one attached hydrogen (secondary N) is 1. The molecule has 2 nitrogen and oxygen atoms in total. The SMILES string of the molecule is c1cc(-c2ccc(Nc3ccc(-c4cccc(-n5c6ccccc6c6ccccc65)c4)cc3)cc2)cc(-c2cccc(C3Cc4ccccc4-c4ccccc43)c2)c1. The second-order valence-electron chi connectivity index (χ2n) is 15.4. The summed E-state index contributed by atoms with van der Waals surface area (Å²) < 4.78 is 2.37. The van der Waals surface area contributed by atoms with E-state index in [0.29, 0.717) is 5.92 Å². The van der Waals surface area contributed by atoms with Crippen LogP contribution in [0.2, 0.25) is 0 Å². The molecule has 0 radical (unpaired) electrons. The van der Waals surface area contributed by atoms with Crippen molar-refractivity contribution in [2.24, 2.45) is 0 Å². The quantitative estimate of drug-likeness (QED) is 0.172. The van der Waals surface area contributed by atoms with Gasteiger partial charge in [0.1, 0.15) is 0 Å². The van der Waals surface area contributed by atoms with Crippen LogP contribution in [0.25, 0.3) is 72.0 Å². The number of fused-ring (bicyclic) bond motifs is 6. The average molecular weight is 741 g/mol. The molecular weight excluding hydrogens is 701 g/mol. The van der Waals surface area contributed by atoms with Crippen molar-refractivity contribution in [1.29, 1.82) is 0 Å². The summed E-state index contributed by atoms with van der Waals surface area (Å²) in [4.78, 5) is 0. The molecule has 0 amide bonds. The summed E-state index contributed by atoms with van der Waals surface area (Å²) in [5.74, 6) is 0.328. The molecule has 274 valence electrons. The predicted molar refractivity (Wildman–Crippen MR) is 244 cm³/mol. The highest BCUT2D eigenvalue weighted by Crippen LogP contribution is 2.43. The third-order valence-electron chi connectivity index (χ3n) is 12.0. The van der Waals surface area contributed by atoms with Crippen molar-refractivity contribution in [1.82, 2.24) is 4.57 Å². The molecule has 0 fully saturated rings. The fourth-order valence-corrected chi connectivity index (χ4v) is 9.13. The van der Waals surface area contributed by atoms with Crippen LogP contribution in [0.5, 0.6) is 0 Å². The predicted octanol–water partition coefficient (Wildman–Crippen LogP) is 14.9. The monoisotopic (exact) mass is 740 g/mol. The molecule has 0 aliphatic heterocycles. The van der Waals surface area contributed by atoms with Crippen LogP contribution in [0.4, 0.5) is 11.4 Å². The summed E-state index contributed by atoms with van der Waals surface area (Å²) >= 11 is 0. The van der Waals surface area contributed by atoms with Gasteiger partial charge in [-0.05, 0) is 122 Å². The summed E-state index contributed by atoms with van der Waals surface area (Å²) in [6.07, 6.45) is 1.01. The van der Waals surface area contributed by atoms with E-state index in [9.17, 15) is 0 Å². The largest absolute Gasteiger partial charge is 0.356 e. The Hall–Kier alpha value is -7.42. The number of hydrogen-bond donors (Lipinski definition) is 1. The van der Waals surface area contributed by atoms with Crippen LogP contribution >= 0.6 is 0 Å². The first-order valence-electron chi connectivity index (χ1n) is 20.2. The van der Waals surface area contributed by atoms with Gasteiger partial charge < -0.3 is 9.88 Å². The number of nitrogens with zero attached hydrogens (tertiary/aromatic N) is 1. The minimum Gasteiger partial charge on any atom is -0.356 e. The van der Waals surface area contributed by atoms with E-state index in [2.05, 4.69) is 228 Å². The lowest BCUT2D eigenvalue weighted by molar-refractivity contribution is 0.794. The Morgan fingerprint density at radius 3 is 1.59 bits per heavy atom. The topological polar surface area (TPSA) is 17.0 Å². The summed E-state index contributed by atoms with van der Waals surface area (Å²) in [7, 11) is 0. The van der Waals surface area contributed by atoms with Crippen LogP contribution in [-0.2, 0) is 6.42 Å². The molecule has 1 N–H and O–H groups in total. The fourth-order valence-electron chi connectivity index (χ4n) is 9.13. The zero-order valence-electron chi connectivity index (χ0n) is 32.0. The van der Waals surface area contributed by atoms with Crippen LogP contribution in [0.15, 0.2) is 218 Å². The minimum atomic E-state index is 0.328. The first-order chi connectivity index (χ1) is 28.7. The second-order valence-corrected chi connectivity index (χ2v) is 15.4. The van der Waals surface area contributed by atoms with Gasteiger partial charge in [0.2, 0.25) is 0 Å². The van der Waals surface area contributed by atoms with Gasteiger partial charge in [-0.2, -0.15) is 0 Å². The lowest BCUT2D eigenvalue weighted by atomic mass is 9.75. The standard InChI is InChI=1S/C56H40N2/c1-2-19-49-45(12-1)37-54(51-21-4-3-20-50(49)51)44-17-10-15-42(35-44)41-14-9-13-40(34-41)38-26-30-46(31-27-38)57-47-32-28-39(29-33-47)43-16-11-18-48(36-43)58-55-24-7-5-22-52(55)53-23-6-8-25-56(53)58/h1-36,54,57H,37H2. The fraction of sp³-hybridized carbons (Fsp3) is 0.0357. The van der Waals surface area contributed by atoms with Gasteiger partial charge in [-0.3, -0.25) is 0 Å². The van der Waals surface area contributed by atoms with E-state index >= 15 is 0 Å². The number of rotatable bonds is 7. The first-order valence-corrected chi connectivity index (χ1v) is 20.2. The lowest BCUT2D eigenvalue weighted by Gasteiger charge is -2.28. The molecule has 1 unspecified atom stereocenters. The first kappa shape index (κ1) is 33.9. The lowest BCUT2D eigenvalue weighted by Crippen LogP contribution is -2.12. The van der Waals surface area contributed by atoms with Gasteiger partial charge in [0.25, 0.3) is 0 Å². The van der Waals surface area contributed by atoms with Gasteiger partial charge in [0, 0.05) is 33.8 Å². The van der Waals surface area contributed by atoms with Crippen molar-refractivity contribution in [3.8, 4) is 50.2 Å². The highest BCUT2D eigenvalue weighted by Gasteiger charge is 2.25. The van der Waals surface area contributed by atoms with Crippen LogP contribution in [-0.4, -0.2) is 4.57 Å². The second kappa shape index (κ2) is 14.3. The molecule has 1 aromatic heterocycles. The van der Waals surface area contributed by atoms with Gasteiger partial charge >= 0.3 is 0 Å². The Balaban J connectivity index is 0.809. The molecule has 0 saturated carbocycles. The Kier molecular flexibility index (Phi) is 8.33. The van der Waals surface area contributed by atoms with E-state index in [-0.39, 0.29) is 0 Å². The maximum atomic E-state index is 3.62. The van der Waals surface area contributed by atoms with Gasteiger partial charge in [-0.15, -0.1) is 0 Å². The molecule has 58 heavy (non-hydrogen) atoms. The van der Waals surface area contributed by atoms with E-state index in [4.69, 9.17) is 0 Å². The smallest absolute Gasteiger partial charge is 0.0541 e. The van der Waals surface area contributed by atoms with Gasteiger partial charge in [0.05, 0.1) is 11.0 Å². The number of anilines is 2. The summed E-state index contributed by atoms with van der Waals surface area (Å²) in [5.41, 5.74) is 19.9. The van der Waals surface area contributed by atoms with Crippen molar-refractivity contribution in [3.63, 3.8) is 0 Å².